The van der Waals surface area contributed by atoms with E-state index in [2.05, 4.69) is 17.0 Å². The van der Waals surface area contributed by atoms with Crippen LogP contribution in [-0.2, 0) is 31.6 Å². The highest BCUT2D eigenvalue weighted by atomic mass is 32.2. The highest BCUT2D eigenvalue weighted by Crippen LogP contribution is 2.46. The Bertz CT molecular complexity index is 1570. The summed E-state index contributed by atoms with van der Waals surface area (Å²) in [7, 11) is -2.31. The Hall–Kier alpha value is -3.25. The first-order valence-corrected chi connectivity index (χ1v) is 15.4. The first-order chi connectivity index (χ1) is 19.4. The van der Waals surface area contributed by atoms with Gasteiger partial charge in [-0.3, -0.25) is 9.69 Å². The van der Waals surface area contributed by atoms with Gasteiger partial charge in [0, 0.05) is 37.3 Å². The molecule has 2 saturated heterocycles. The van der Waals surface area contributed by atoms with E-state index in [-0.39, 0.29) is 33.6 Å². The normalized spacial score (nSPS) is 21.1. The quantitative estimate of drug-likeness (QED) is 0.466. The molecule has 7 rings (SSSR count). The van der Waals surface area contributed by atoms with Crippen LogP contribution in [0.1, 0.15) is 34.5 Å². The minimum absolute atomic E-state index is 0.136. The predicted molar refractivity (Wildman–Crippen MR) is 146 cm³/mol. The molecular formula is C29H32N4O6S. The van der Waals surface area contributed by atoms with Crippen molar-refractivity contribution in [2.45, 2.75) is 35.6 Å². The zero-order valence-electron chi connectivity index (χ0n) is 22.5. The number of morpholine rings is 2. The fraction of sp³-hybridized carbons (Fsp3) is 0.448. The molecule has 1 aromatic heterocycles. The van der Waals surface area contributed by atoms with E-state index in [1.54, 1.807) is 27.8 Å². The summed E-state index contributed by atoms with van der Waals surface area (Å²) < 4.78 is 45.7. The summed E-state index contributed by atoms with van der Waals surface area (Å²) in [6.07, 6.45) is 1.86. The van der Waals surface area contributed by atoms with E-state index in [0.29, 0.717) is 36.5 Å². The topological polar surface area (TPSA) is 103 Å². The van der Waals surface area contributed by atoms with Gasteiger partial charge in [-0.1, -0.05) is 24.3 Å². The molecule has 3 fully saturated rings. The van der Waals surface area contributed by atoms with E-state index < -0.39 is 9.84 Å². The van der Waals surface area contributed by atoms with Crippen LogP contribution >= 0.6 is 0 Å². The molecule has 1 saturated carbocycles. The summed E-state index contributed by atoms with van der Waals surface area (Å²) in [4.78, 5) is 18.2. The molecule has 4 heterocycles. The summed E-state index contributed by atoms with van der Waals surface area (Å²) in [6, 6.07) is 13.3. The average Bonchev–Trinajstić information content (AvgIpc) is 3.60. The molecule has 3 aliphatic heterocycles. The van der Waals surface area contributed by atoms with E-state index >= 15 is 0 Å². The van der Waals surface area contributed by atoms with Crippen LogP contribution in [0.25, 0.3) is 16.9 Å². The van der Waals surface area contributed by atoms with Gasteiger partial charge in [-0.15, -0.1) is 0 Å². The molecule has 10 nitrogen and oxygen atoms in total. The molecule has 4 aliphatic rings. The monoisotopic (exact) mass is 564 g/mol. The number of ether oxygens (including phenoxy) is 3. The number of carbonyl (C=O) groups is 1. The summed E-state index contributed by atoms with van der Waals surface area (Å²) in [5, 5.41) is 4.82. The summed E-state index contributed by atoms with van der Waals surface area (Å²) >= 11 is 0. The SMILES string of the molecule is COc1cccc2c1S(=O)(=O)Cc1c(C(=O)N3CCOC4(CC4)C3)nn(-c3ccc(CN4CCOCC4)cc3)c1-2. The smallest absolute Gasteiger partial charge is 0.274 e. The number of benzene rings is 2. The number of rotatable bonds is 5. The number of amides is 1. The fourth-order valence-electron chi connectivity index (χ4n) is 6.04. The van der Waals surface area contributed by atoms with Gasteiger partial charge in [-0.05, 0) is 36.6 Å². The lowest BCUT2D eigenvalue weighted by atomic mass is 10.0. The lowest BCUT2D eigenvalue weighted by Crippen LogP contribution is -2.47. The molecule has 40 heavy (non-hydrogen) atoms. The Labute approximate surface area is 233 Å². The van der Waals surface area contributed by atoms with Crippen molar-refractivity contribution in [3.05, 3.63) is 59.3 Å². The summed E-state index contributed by atoms with van der Waals surface area (Å²) in [5.74, 6) is -0.287. The third-order valence-corrected chi connectivity index (χ3v) is 10.0. The van der Waals surface area contributed by atoms with Crippen LogP contribution in [0.5, 0.6) is 5.75 Å². The first-order valence-electron chi connectivity index (χ1n) is 13.7. The zero-order valence-corrected chi connectivity index (χ0v) is 23.3. The fourth-order valence-corrected chi connectivity index (χ4v) is 7.79. The van der Waals surface area contributed by atoms with Crippen molar-refractivity contribution in [2.75, 3.05) is 53.1 Å². The van der Waals surface area contributed by atoms with Crippen molar-refractivity contribution in [2.24, 2.45) is 0 Å². The van der Waals surface area contributed by atoms with Gasteiger partial charge in [0.15, 0.2) is 15.5 Å². The van der Waals surface area contributed by atoms with Crippen LogP contribution < -0.4 is 4.74 Å². The van der Waals surface area contributed by atoms with Crippen molar-refractivity contribution < 1.29 is 27.4 Å². The van der Waals surface area contributed by atoms with E-state index in [9.17, 15) is 13.2 Å². The Balaban J connectivity index is 1.32. The van der Waals surface area contributed by atoms with E-state index in [1.807, 2.05) is 12.1 Å². The molecule has 3 aromatic rings. The molecule has 11 heteroatoms. The maximum atomic E-state index is 13.9. The van der Waals surface area contributed by atoms with Crippen molar-refractivity contribution >= 4 is 15.7 Å². The molecule has 0 bridgehead atoms. The van der Waals surface area contributed by atoms with Crippen LogP contribution in [0.2, 0.25) is 0 Å². The van der Waals surface area contributed by atoms with Crippen molar-refractivity contribution in [3.63, 3.8) is 0 Å². The first kappa shape index (κ1) is 25.7. The second-order valence-corrected chi connectivity index (χ2v) is 12.9. The minimum atomic E-state index is -3.78. The van der Waals surface area contributed by atoms with E-state index in [0.717, 1.165) is 56.9 Å². The molecule has 0 unspecified atom stereocenters. The zero-order chi connectivity index (χ0) is 27.5. The van der Waals surface area contributed by atoms with Crippen LogP contribution in [0.4, 0.5) is 0 Å². The van der Waals surface area contributed by atoms with Gasteiger partial charge in [0.1, 0.15) is 10.6 Å². The van der Waals surface area contributed by atoms with Gasteiger partial charge in [-0.2, -0.15) is 5.10 Å². The number of nitrogens with zero attached hydrogens (tertiary/aromatic N) is 4. The third-order valence-electron chi connectivity index (χ3n) is 8.32. The van der Waals surface area contributed by atoms with Gasteiger partial charge in [0.2, 0.25) is 0 Å². The molecule has 210 valence electrons. The van der Waals surface area contributed by atoms with Gasteiger partial charge in [-0.25, -0.2) is 13.1 Å². The predicted octanol–water partition coefficient (Wildman–Crippen LogP) is 2.67. The molecule has 0 radical (unpaired) electrons. The molecular weight excluding hydrogens is 532 g/mol. The Morgan fingerprint density at radius 1 is 1.05 bits per heavy atom. The van der Waals surface area contributed by atoms with Crippen LogP contribution in [-0.4, -0.2) is 92.6 Å². The molecule has 1 aliphatic carbocycles. The second-order valence-electron chi connectivity index (χ2n) is 11.0. The van der Waals surface area contributed by atoms with Crippen molar-refractivity contribution in [3.8, 4) is 22.7 Å². The largest absolute Gasteiger partial charge is 0.495 e. The number of fused-ring (bicyclic) bond motifs is 3. The maximum absolute atomic E-state index is 13.9. The van der Waals surface area contributed by atoms with Gasteiger partial charge in [0.05, 0.1) is 56.2 Å². The Morgan fingerprint density at radius 2 is 1.82 bits per heavy atom. The minimum Gasteiger partial charge on any atom is -0.495 e. The van der Waals surface area contributed by atoms with Gasteiger partial charge in [0.25, 0.3) is 5.91 Å². The standard InChI is InChI=1S/C29H32N4O6S/c1-37-24-4-2-3-22-26-23(18-40(35,36)27(22)24)25(28(34)32-13-16-39-29(19-32)9-10-29)30-33(26)21-7-5-20(6-8-21)17-31-11-14-38-15-12-31/h2-8H,9-19H2,1H3. The summed E-state index contributed by atoms with van der Waals surface area (Å²) in [5.41, 5.74) is 3.39. The highest BCUT2D eigenvalue weighted by molar-refractivity contribution is 7.91. The lowest BCUT2D eigenvalue weighted by Gasteiger charge is -2.33. The number of methoxy groups -OCH3 is 1. The van der Waals surface area contributed by atoms with Crippen LogP contribution in [0.3, 0.4) is 0 Å². The van der Waals surface area contributed by atoms with E-state index in [1.165, 1.54) is 7.11 Å². The third kappa shape index (κ3) is 4.41. The molecule has 0 N–H and O–H groups in total. The van der Waals surface area contributed by atoms with E-state index in [4.69, 9.17) is 19.3 Å². The van der Waals surface area contributed by atoms with Crippen molar-refractivity contribution in [1.29, 1.82) is 0 Å². The Morgan fingerprint density at radius 3 is 2.55 bits per heavy atom. The number of hydrogen-bond acceptors (Lipinski definition) is 8. The number of aromatic nitrogens is 2. The number of sulfone groups is 1. The maximum Gasteiger partial charge on any atom is 0.274 e. The second kappa shape index (κ2) is 9.69. The average molecular weight is 565 g/mol. The molecule has 1 amide bonds. The highest BCUT2D eigenvalue weighted by Gasteiger charge is 2.49. The molecule has 2 aromatic carbocycles. The van der Waals surface area contributed by atoms with Crippen LogP contribution in [0, 0.1) is 0 Å². The van der Waals surface area contributed by atoms with Gasteiger partial charge < -0.3 is 19.1 Å². The Kier molecular flexibility index (Phi) is 6.23. The molecule has 1 spiro atoms. The lowest BCUT2D eigenvalue weighted by molar-refractivity contribution is -0.0377. The summed E-state index contributed by atoms with van der Waals surface area (Å²) in [6.45, 7) is 5.52. The number of hydrogen-bond donors (Lipinski definition) is 0. The van der Waals surface area contributed by atoms with Crippen molar-refractivity contribution in [1.82, 2.24) is 19.6 Å². The molecule has 0 atom stereocenters. The number of carbonyl (C=O) groups excluding carboxylic acids is 1. The van der Waals surface area contributed by atoms with Gasteiger partial charge >= 0.3 is 0 Å². The van der Waals surface area contributed by atoms with Crippen LogP contribution in [0.15, 0.2) is 47.4 Å².